The summed E-state index contributed by atoms with van der Waals surface area (Å²) in [4.78, 5) is 0. The summed E-state index contributed by atoms with van der Waals surface area (Å²) in [5.74, 6) is 1.38. The molecule has 3 heteroatoms. The van der Waals surface area contributed by atoms with Crippen molar-refractivity contribution in [3.05, 3.63) is 17.7 Å². The molecule has 1 aromatic rings. The van der Waals surface area contributed by atoms with Crippen LogP contribution in [0.2, 0.25) is 0 Å². The molecule has 1 rings (SSSR count). The van der Waals surface area contributed by atoms with E-state index < -0.39 is 0 Å². The first kappa shape index (κ1) is 8.98. The monoisotopic (exact) mass is 162 g/mol. The van der Waals surface area contributed by atoms with Gasteiger partial charge in [-0.3, -0.25) is 0 Å². The third kappa shape index (κ3) is 1.55. The van der Waals surface area contributed by atoms with Gasteiger partial charge in [0.15, 0.2) is 11.5 Å². The average molecular weight is 162 g/mol. The number of benzene rings is 1. The quantitative estimate of drug-likeness (QED) is 0.599. The molecule has 2 nitrogen and oxygen atoms in total. The van der Waals surface area contributed by atoms with Crippen LogP contribution in [0.1, 0.15) is 5.56 Å². The Morgan fingerprint density at radius 2 is 1.58 bits per heavy atom. The van der Waals surface area contributed by atoms with Crippen LogP contribution in [0.4, 0.5) is 0 Å². The van der Waals surface area contributed by atoms with Crippen LogP contribution in [-0.4, -0.2) is 22.1 Å². The fraction of sp³-hybridized carbons (Fsp3) is 0.333. The molecule has 1 aromatic carbocycles. The molecule has 62 valence electrons. The summed E-state index contributed by atoms with van der Waals surface area (Å²) in [6, 6.07) is 3.61. The Morgan fingerprint density at radius 3 is 2.08 bits per heavy atom. The number of ether oxygens (including phenoxy) is 2. The zero-order chi connectivity index (χ0) is 9.14. The molecule has 0 aromatic heterocycles. The van der Waals surface area contributed by atoms with Crippen molar-refractivity contribution in [1.82, 2.24) is 0 Å². The summed E-state index contributed by atoms with van der Waals surface area (Å²) in [5, 5.41) is 0. The van der Waals surface area contributed by atoms with Crippen LogP contribution in [0.15, 0.2) is 12.1 Å². The van der Waals surface area contributed by atoms with E-state index in [1.165, 1.54) is 0 Å². The van der Waals surface area contributed by atoms with Gasteiger partial charge in [-0.05, 0) is 19.1 Å². The van der Waals surface area contributed by atoms with Crippen LogP contribution >= 0.6 is 0 Å². The van der Waals surface area contributed by atoms with Gasteiger partial charge in [-0.2, -0.15) is 0 Å². The highest BCUT2D eigenvalue weighted by molar-refractivity contribution is 6.33. The number of aryl methyl sites for hydroxylation is 1. The minimum absolute atomic E-state index is 0.667. The van der Waals surface area contributed by atoms with Crippen molar-refractivity contribution in [3.63, 3.8) is 0 Å². The van der Waals surface area contributed by atoms with Gasteiger partial charge in [-0.1, -0.05) is 11.0 Å². The largest absolute Gasteiger partial charge is 0.493 e. The molecule has 0 N–H and O–H groups in total. The topological polar surface area (TPSA) is 18.5 Å². The molecule has 0 aliphatic heterocycles. The molecule has 0 aliphatic carbocycles. The molecule has 0 heterocycles. The summed E-state index contributed by atoms with van der Waals surface area (Å²) in [5.41, 5.74) is 1.71. The molecule has 0 unspecified atom stereocenters. The zero-order valence-corrected chi connectivity index (χ0v) is 7.55. The lowest BCUT2D eigenvalue weighted by molar-refractivity contribution is 0.355. The Hall–Kier alpha value is -1.12. The minimum Gasteiger partial charge on any atom is -0.493 e. The lowest BCUT2D eigenvalue weighted by Gasteiger charge is -2.10. The predicted octanol–water partition coefficient (Wildman–Crippen LogP) is 0.806. The van der Waals surface area contributed by atoms with Crippen molar-refractivity contribution in [3.8, 4) is 11.5 Å². The van der Waals surface area contributed by atoms with Crippen molar-refractivity contribution in [2.24, 2.45) is 0 Å². The second kappa shape index (κ2) is 3.52. The number of methoxy groups -OCH3 is 2. The number of hydrogen-bond donors (Lipinski definition) is 0. The first-order valence-electron chi connectivity index (χ1n) is 3.67. The summed E-state index contributed by atoms with van der Waals surface area (Å²) in [6.07, 6.45) is 0. The normalized spacial score (nSPS) is 9.58. The first-order chi connectivity index (χ1) is 5.69. The van der Waals surface area contributed by atoms with Gasteiger partial charge in [0.1, 0.15) is 7.85 Å². The van der Waals surface area contributed by atoms with Crippen molar-refractivity contribution in [2.45, 2.75) is 6.92 Å². The maximum absolute atomic E-state index is 5.68. The van der Waals surface area contributed by atoms with Gasteiger partial charge in [-0.25, -0.2) is 0 Å². The van der Waals surface area contributed by atoms with Gasteiger partial charge < -0.3 is 9.47 Å². The van der Waals surface area contributed by atoms with E-state index in [0.29, 0.717) is 17.0 Å². The molecular formula is C9H11BO2. The SMILES string of the molecule is [B]c1cc(OC)c(OC)cc1C. The fourth-order valence-corrected chi connectivity index (χ4v) is 0.996. The summed E-state index contributed by atoms with van der Waals surface area (Å²) < 4.78 is 10.2. The third-order valence-corrected chi connectivity index (χ3v) is 1.77. The Balaban J connectivity index is 3.19. The van der Waals surface area contributed by atoms with Crippen molar-refractivity contribution in [2.75, 3.05) is 14.2 Å². The molecule has 0 fully saturated rings. The van der Waals surface area contributed by atoms with E-state index >= 15 is 0 Å². The second-order valence-electron chi connectivity index (χ2n) is 2.56. The van der Waals surface area contributed by atoms with Crippen LogP contribution in [0, 0.1) is 6.92 Å². The molecule has 2 radical (unpaired) electrons. The Morgan fingerprint density at radius 1 is 1.08 bits per heavy atom. The second-order valence-corrected chi connectivity index (χ2v) is 2.56. The summed E-state index contributed by atoms with van der Waals surface area (Å²) in [6.45, 7) is 1.93. The van der Waals surface area contributed by atoms with Crippen LogP contribution in [-0.2, 0) is 0 Å². The zero-order valence-electron chi connectivity index (χ0n) is 7.55. The highest BCUT2D eigenvalue weighted by Gasteiger charge is 2.04. The van der Waals surface area contributed by atoms with Crippen molar-refractivity contribution in [1.29, 1.82) is 0 Å². The fourth-order valence-electron chi connectivity index (χ4n) is 0.996. The Kier molecular flexibility index (Phi) is 2.63. The smallest absolute Gasteiger partial charge is 0.160 e. The van der Waals surface area contributed by atoms with E-state index in [0.717, 1.165) is 5.56 Å². The maximum atomic E-state index is 5.68. The number of hydrogen-bond acceptors (Lipinski definition) is 2. The molecule has 0 bridgehead atoms. The minimum atomic E-state index is 0.667. The van der Waals surface area contributed by atoms with Gasteiger partial charge in [0.05, 0.1) is 14.2 Å². The van der Waals surface area contributed by atoms with E-state index in [1.807, 2.05) is 13.0 Å². The highest BCUT2D eigenvalue weighted by atomic mass is 16.5. The van der Waals surface area contributed by atoms with Crippen molar-refractivity contribution < 1.29 is 9.47 Å². The standard InChI is InChI=1S/C9H11BO2/c1-6-4-8(11-2)9(12-3)5-7(6)10/h4-5H,1-3H3. The Bertz CT molecular complexity index is 255. The third-order valence-electron chi connectivity index (χ3n) is 1.77. The average Bonchev–Trinajstić information content (AvgIpc) is 2.09. The van der Waals surface area contributed by atoms with Gasteiger partial charge >= 0.3 is 0 Å². The molecule has 0 saturated heterocycles. The van der Waals surface area contributed by atoms with Gasteiger partial charge in [0, 0.05) is 0 Å². The molecular weight excluding hydrogens is 151 g/mol. The van der Waals surface area contributed by atoms with Crippen molar-refractivity contribution >= 4 is 13.3 Å². The van der Waals surface area contributed by atoms with E-state index in [2.05, 4.69) is 0 Å². The van der Waals surface area contributed by atoms with E-state index in [1.54, 1.807) is 20.3 Å². The van der Waals surface area contributed by atoms with Gasteiger partial charge in [0.25, 0.3) is 0 Å². The van der Waals surface area contributed by atoms with E-state index in [4.69, 9.17) is 17.3 Å². The molecule has 0 amide bonds. The molecule has 0 spiro atoms. The predicted molar refractivity (Wildman–Crippen MR) is 49.7 cm³/mol. The summed E-state index contributed by atoms with van der Waals surface area (Å²) >= 11 is 0. The lowest BCUT2D eigenvalue weighted by Crippen LogP contribution is -2.08. The van der Waals surface area contributed by atoms with Crippen LogP contribution < -0.4 is 14.9 Å². The van der Waals surface area contributed by atoms with E-state index in [9.17, 15) is 0 Å². The Labute approximate surface area is 73.9 Å². The molecule has 0 atom stereocenters. The van der Waals surface area contributed by atoms with Gasteiger partial charge in [0.2, 0.25) is 0 Å². The molecule has 12 heavy (non-hydrogen) atoms. The molecule has 0 saturated carbocycles. The maximum Gasteiger partial charge on any atom is 0.160 e. The molecule has 0 aliphatic rings. The van der Waals surface area contributed by atoms with Crippen LogP contribution in [0.3, 0.4) is 0 Å². The van der Waals surface area contributed by atoms with Gasteiger partial charge in [-0.15, -0.1) is 0 Å². The summed E-state index contributed by atoms with van der Waals surface area (Å²) in [7, 11) is 8.88. The number of rotatable bonds is 2. The van der Waals surface area contributed by atoms with Crippen LogP contribution in [0.5, 0.6) is 11.5 Å². The van der Waals surface area contributed by atoms with Crippen LogP contribution in [0.25, 0.3) is 0 Å². The first-order valence-corrected chi connectivity index (χ1v) is 3.67. The van der Waals surface area contributed by atoms with E-state index in [-0.39, 0.29) is 0 Å². The highest BCUT2D eigenvalue weighted by Crippen LogP contribution is 2.25. The lowest BCUT2D eigenvalue weighted by atomic mass is 9.91.